The molecule has 1 aromatic carbocycles. The van der Waals surface area contributed by atoms with Crippen molar-refractivity contribution in [2.75, 3.05) is 39.7 Å². The summed E-state index contributed by atoms with van der Waals surface area (Å²) in [5.74, 6) is -0.839. The van der Waals surface area contributed by atoms with Crippen LogP contribution in [0.3, 0.4) is 0 Å². The van der Waals surface area contributed by atoms with E-state index in [2.05, 4.69) is 10.6 Å². The number of likely N-dealkylation sites (N-methyl/N-ethyl adjacent to an activating group) is 2. The normalized spacial score (nSPS) is 13.3. The zero-order chi connectivity index (χ0) is 22.4. The number of hydrogen-bond donors (Lipinski definition) is 2. The molecule has 0 spiro atoms. The van der Waals surface area contributed by atoms with Crippen molar-refractivity contribution in [1.82, 2.24) is 19.2 Å². The smallest absolute Gasteiger partial charge is 0.235 e. The molecule has 0 aliphatic rings. The monoisotopic (exact) mass is 448 g/mol. The van der Waals surface area contributed by atoms with Gasteiger partial charge in [-0.25, -0.2) is 16.8 Å². The third kappa shape index (κ3) is 8.90. The van der Waals surface area contributed by atoms with Crippen LogP contribution in [0, 0.1) is 0 Å². The lowest BCUT2D eigenvalue weighted by molar-refractivity contribution is -0.122. The SMILES string of the molecule is C[C@H](NC(=O)CN(C)S(C)(=O)=O)c1ccc(CNC(=O)CN(C)S(C)(=O)=O)cc1. The number of hydrogen-bond acceptors (Lipinski definition) is 6. The summed E-state index contributed by atoms with van der Waals surface area (Å²) in [7, 11) is -4.20. The van der Waals surface area contributed by atoms with Gasteiger partial charge in [-0.05, 0) is 18.1 Å². The standard InChI is InChI=1S/C17H28N4O6S2/c1-13(19-17(23)12-21(3)29(5,26)27)15-8-6-14(7-9-15)10-18-16(22)11-20(2)28(4,24)25/h6-9,13H,10-12H2,1-5H3,(H,18,22)(H,19,23)/t13-/m0/s1. The summed E-state index contributed by atoms with van der Waals surface area (Å²) < 4.78 is 47.3. The number of nitrogens with one attached hydrogen (secondary N) is 2. The molecule has 1 rings (SSSR count). The Kier molecular flexibility index (Phi) is 8.75. The highest BCUT2D eigenvalue weighted by molar-refractivity contribution is 7.88. The number of sulfonamides is 2. The van der Waals surface area contributed by atoms with Gasteiger partial charge in [0.15, 0.2) is 0 Å². The summed E-state index contributed by atoms with van der Waals surface area (Å²) in [6.45, 7) is 1.48. The van der Waals surface area contributed by atoms with E-state index in [0.717, 1.165) is 32.2 Å². The molecule has 0 radical (unpaired) electrons. The highest BCUT2D eigenvalue weighted by atomic mass is 32.2. The van der Waals surface area contributed by atoms with E-state index >= 15 is 0 Å². The van der Waals surface area contributed by atoms with Crippen molar-refractivity contribution in [2.45, 2.75) is 19.5 Å². The molecule has 0 fully saturated rings. The van der Waals surface area contributed by atoms with Crippen molar-refractivity contribution in [3.8, 4) is 0 Å². The molecule has 0 heterocycles. The van der Waals surface area contributed by atoms with Gasteiger partial charge in [-0.1, -0.05) is 24.3 Å². The lowest BCUT2D eigenvalue weighted by Gasteiger charge is -2.18. The first-order valence-corrected chi connectivity index (χ1v) is 12.4. The Morgan fingerprint density at radius 1 is 0.897 bits per heavy atom. The quantitative estimate of drug-likeness (QED) is 0.485. The molecule has 0 aromatic heterocycles. The Bertz CT molecular complexity index is 929. The molecule has 10 nitrogen and oxygen atoms in total. The summed E-state index contributed by atoms with van der Waals surface area (Å²) in [5, 5.41) is 5.37. The number of rotatable bonds is 10. The number of nitrogens with zero attached hydrogens (tertiary/aromatic N) is 2. The lowest BCUT2D eigenvalue weighted by Crippen LogP contribution is -2.38. The van der Waals surface area contributed by atoms with E-state index < -0.39 is 31.9 Å². The first-order chi connectivity index (χ1) is 13.2. The van der Waals surface area contributed by atoms with Crippen LogP contribution in [-0.2, 0) is 36.2 Å². The maximum atomic E-state index is 12.0. The largest absolute Gasteiger partial charge is 0.351 e. The van der Waals surface area contributed by atoms with E-state index in [-0.39, 0.29) is 25.7 Å². The number of carbonyl (C=O) groups is 2. The van der Waals surface area contributed by atoms with Crippen LogP contribution in [0.5, 0.6) is 0 Å². The molecule has 1 atom stereocenters. The molecule has 29 heavy (non-hydrogen) atoms. The maximum Gasteiger partial charge on any atom is 0.235 e. The number of carbonyl (C=O) groups excluding carboxylic acids is 2. The predicted octanol–water partition coefficient (Wildman–Crippen LogP) is -0.737. The summed E-state index contributed by atoms with van der Waals surface area (Å²) >= 11 is 0. The molecule has 2 N–H and O–H groups in total. The Hall–Kier alpha value is -2.02. The minimum Gasteiger partial charge on any atom is -0.351 e. The van der Waals surface area contributed by atoms with Crippen molar-refractivity contribution < 1.29 is 26.4 Å². The average molecular weight is 449 g/mol. The van der Waals surface area contributed by atoms with E-state index in [1.54, 1.807) is 31.2 Å². The van der Waals surface area contributed by atoms with Crippen molar-refractivity contribution in [1.29, 1.82) is 0 Å². The van der Waals surface area contributed by atoms with Gasteiger partial charge in [0.2, 0.25) is 31.9 Å². The molecule has 1 aromatic rings. The minimum absolute atomic E-state index is 0.233. The van der Waals surface area contributed by atoms with Crippen LogP contribution in [0.2, 0.25) is 0 Å². The maximum absolute atomic E-state index is 12.0. The van der Waals surface area contributed by atoms with E-state index in [9.17, 15) is 26.4 Å². The van der Waals surface area contributed by atoms with Crippen LogP contribution in [0.1, 0.15) is 24.1 Å². The molecule has 0 aliphatic heterocycles. The molecule has 12 heteroatoms. The van der Waals surface area contributed by atoms with Crippen LogP contribution in [-0.4, -0.2) is 77.0 Å². The molecular weight excluding hydrogens is 420 g/mol. The van der Waals surface area contributed by atoms with E-state index in [1.165, 1.54) is 14.1 Å². The van der Waals surface area contributed by atoms with Crippen molar-refractivity contribution in [3.63, 3.8) is 0 Å². The van der Waals surface area contributed by atoms with Crippen LogP contribution >= 0.6 is 0 Å². The Labute approximate surface area is 172 Å². The fraction of sp³-hybridized carbons (Fsp3) is 0.529. The summed E-state index contributed by atoms with van der Waals surface area (Å²) in [6, 6.07) is 6.80. The van der Waals surface area contributed by atoms with Gasteiger partial charge in [-0.3, -0.25) is 9.59 Å². The summed E-state index contributed by atoms with van der Waals surface area (Å²) in [6.07, 6.45) is 2.05. The third-order valence-electron chi connectivity index (χ3n) is 4.21. The van der Waals surface area contributed by atoms with Crippen molar-refractivity contribution >= 4 is 31.9 Å². The van der Waals surface area contributed by atoms with Crippen LogP contribution in [0.15, 0.2) is 24.3 Å². The molecule has 0 aliphatic carbocycles. The van der Waals surface area contributed by atoms with Gasteiger partial charge in [0.05, 0.1) is 31.6 Å². The van der Waals surface area contributed by atoms with Crippen LogP contribution in [0.4, 0.5) is 0 Å². The topological polar surface area (TPSA) is 133 Å². The van der Waals surface area contributed by atoms with Gasteiger partial charge in [-0.15, -0.1) is 0 Å². The van der Waals surface area contributed by atoms with Gasteiger partial charge in [-0.2, -0.15) is 8.61 Å². The second-order valence-corrected chi connectivity index (χ2v) is 11.0. The van der Waals surface area contributed by atoms with Gasteiger partial charge in [0.1, 0.15) is 0 Å². The van der Waals surface area contributed by atoms with Crippen LogP contribution < -0.4 is 10.6 Å². The predicted molar refractivity (Wildman–Crippen MR) is 110 cm³/mol. The second-order valence-electron chi connectivity index (χ2n) is 6.85. The van der Waals surface area contributed by atoms with E-state index in [4.69, 9.17) is 0 Å². The summed E-state index contributed by atoms with van der Waals surface area (Å²) in [4.78, 5) is 23.8. The molecule has 2 amide bonds. The Morgan fingerprint density at radius 2 is 1.34 bits per heavy atom. The summed E-state index contributed by atoms with van der Waals surface area (Å²) in [5.41, 5.74) is 1.62. The zero-order valence-electron chi connectivity index (χ0n) is 17.2. The van der Waals surface area contributed by atoms with Crippen LogP contribution in [0.25, 0.3) is 0 Å². The molecule has 0 saturated carbocycles. The lowest BCUT2D eigenvalue weighted by atomic mass is 10.1. The fourth-order valence-corrected chi connectivity index (χ4v) is 2.89. The van der Waals surface area contributed by atoms with Crippen molar-refractivity contribution in [3.05, 3.63) is 35.4 Å². The molecular formula is C17H28N4O6S2. The average Bonchev–Trinajstić information content (AvgIpc) is 2.58. The van der Waals surface area contributed by atoms with Crippen molar-refractivity contribution in [2.24, 2.45) is 0 Å². The van der Waals surface area contributed by atoms with Gasteiger partial charge >= 0.3 is 0 Å². The third-order valence-corrected chi connectivity index (χ3v) is 6.73. The van der Waals surface area contributed by atoms with Gasteiger partial charge in [0.25, 0.3) is 0 Å². The highest BCUT2D eigenvalue weighted by Crippen LogP contribution is 2.13. The number of amides is 2. The fourth-order valence-electron chi connectivity index (χ4n) is 2.19. The first-order valence-electron chi connectivity index (χ1n) is 8.67. The zero-order valence-corrected chi connectivity index (χ0v) is 18.8. The molecule has 164 valence electrons. The number of benzene rings is 1. The Balaban J connectivity index is 2.56. The molecule has 0 bridgehead atoms. The second kappa shape index (κ2) is 10.1. The molecule has 0 saturated heterocycles. The van der Waals surface area contributed by atoms with E-state index in [1.807, 2.05) is 0 Å². The first kappa shape index (κ1) is 25.0. The van der Waals surface area contributed by atoms with Gasteiger partial charge < -0.3 is 10.6 Å². The van der Waals surface area contributed by atoms with E-state index in [0.29, 0.717) is 0 Å². The Morgan fingerprint density at radius 3 is 1.79 bits per heavy atom. The minimum atomic E-state index is -3.43. The molecule has 0 unspecified atom stereocenters. The van der Waals surface area contributed by atoms with Gasteiger partial charge in [0, 0.05) is 20.6 Å². The highest BCUT2D eigenvalue weighted by Gasteiger charge is 2.17.